The number of aromatic nitrogens is 3. The monoisotopic (exact) mass is 397 g/mol. The molecule has 0 fully saturated rings. The molecule has 2 N–H and O–H groups in total. The molecule has 3 aromatic rings. The maximum Gasteiger partial charge on any atom is 0.252 e. The van der Waals surface area contributed by atoms with Crippen molar-refractivity contribution in [3.8, 4) is 0 Å². The zero-order chi connectivity index (χ0) is 19.5. The summed E-state index contributed by atoms with van der Waals surface area (Å²) >= 11 is 6.06. The summed E-state index contributed by atoms with van der Waals surface area (Å²) < 4.78 is 6.66. The first-order valence-electron chi connectivity index (χ1n) is 8.96. The van der Waals surface area contributed by atoms with Crippen molar-refractivity contribution in [1.29, 1.82) is 0 Å². The Hall–Kier alpha value is -2.90. The first kappa shape index (κ1) is 18.5. The van der Waals surface area contributed by atoms with E-state index in [0.717, 1.165) is 12.0 Å². The van der Waals surface area contributed by atoms with Gasteiger partial charge in [-0.25, -0.2) is 4.68 Å². The molecule has 0 aliphatic carbocycles. The normalized spacial score (nSPS) is 18.2. The first-order valence-corrected chi connectivity index (χ1v) is 9.34. The summed E-state index contributed by atoms with van der Waals surface area (Å²) in [7, 11) is 1.47. The molecule has 0 radical (unpaired) electrons. The van der Waals surface area contributed by atoms with Crippen molar-refractivity contribution >= 4 is 29.4 Å². The van der Waals surface area contributed by atoms with Gasteiger partial charge in [0.15, 0.2) is 0 Å². The summed E-state index contributed by atoms with van der Waals surface area (Å²) in [6.45, 7) is -0.0510. The summed E-state index contributed by atoms with van der Waals surface area (Å²) in [6.07, 6.45) is 0.785. The van der Waals surface area contributed by atoms with Crippen LogP contribution in [-0.4, -0.2) is 34.4 Å². The Morgan fingerprint density at radius 2 is 1.96 bits per heavy atom. The van der Waals surface area contributed by atoms with Crippen LogP contribution in [0.5, 0.6) is 0 Å². The molecule has 2 heterocycles. The van der Waals surface area contributed by atoms with Crippen molar-refractivity contribution in [2.45, 2.75) is 18.5 Å². The van der Waals surface area contributed by atoms with E-state index in [0.29, 0.717) is 11.0 Å². The predicted octanol–water partition coefficient (Wildman–Crippen LogP) is 3.66. The van der Waals surface area contributed by atoms with E-state index in [1.54, 1.807) is 0 Å². The number of hydrogen-bond acceptors (Lipinski definition) is 5. The van der Waals surface area contributed by atoms with Gasteiger partial charge in [0.2, 0.25) is 5.95 Å². The molecule has 0 bridgehead atoms. The van der Waals surface area contributed by atoms with E-state index in [4.69, 9.17) is 16.3 Å². The number of methoxy groups -OCH3 is 1. The van der Waals surface area contributed by atoms with Crippen molar-refractivity contribution in [3.63, 3.8) is 0 Å². The van der Waals surface area contributed by atoms with Gasteiger partial charge in [-0.05, 0) is 29.7 Å². The number of anilines is 2. The van der Waals surface area contributed by atoms with Gasteiger partial charge in [-0.2, -0.15) is 4.98 Å². The van der Waals surface area contributed by atoms with Gasteiger partial charge in [-0.3, -0.25) is 10.1 Å². The molecule has 1 aromatic heterocycles. The number of hydrogen-bond donors (Lipinski definition) is 2. The van der Waals surface area contributed by atoms with Gasteiger partial charge in [0.1, 0.15) is 6.61 Å². The van der Waals surface area contributed by atoms with E-state index in [2.05, 4.69) is 32.8 Å². The molecule has 1 amide bonds. The summed E-state index contributed by atoms with van der Waals surface area (Å²) in [5.41, 5.74) is 2.24. The topological polar surface area (TPSA) is 81.1 Å². The molecule has 0 spiro atoms. The van der Waals surface area contributed by atoms with Crippen LogP contribution in [0.3, 0.4) is 0 Å². The number of benzene rings is 2. The third-order valence-corrected chi connectivity index (χ3v) is 4.92. The molecule has 4 rings (SSSR count). The molecule has 0 unspecified atom stereocenters. The summed E-state index contributed by atoms with van der Waals surface area (Å²) in [4.78, 5) is 16.3. The van der Waals surface area contributed by atoms with Crippen LogP contribution in [0, 0.1) is 0 Å². The van der Waals surface area contributed by atoms with E-state index in [-0.39, 0.29) is 30.5 Å². The number of nitrogens with zero attached hydrogens (tertiary/aromatic N) is 3. The Kier molecular flexibility index (Phi) is 5.27. The number of carbonyl (C=O) groups is 1. The minimum Gasteiger partial charge on any atom is -0.375 e. The third kappa shape index (κ3) is 3.85. The Labute approximate surface area is 167 Å². The smallest absolute Gasteiger partial charge is 0.252 e. The zero-order valence-corrected chi connectivity index (χ0v) is 16.1. The predicted molar refractivity (Wildman–Crippen MR) is 108 cm³/mol. The van der Waals surface area contributed by atoms with E-state index in [1.807, 2.05) is 47.1 Å². The molecular weight excluding hydrogens is 378 g/mol. The number of ether oxygens (including phenoxy) is 1. The van der Waals surface area contributed by atoms with Crippen LogP contribution in [0.25, 0.3) is 0 Å². The maximum absolute atomic E-state index is 11.8. The van der Waals surface area contributed by atoms with E-state index in [1.165, 1.54) is 12.7 Å². The highest BCUT2D eigenvalue weighted by Crippen LogP contribution is 2.38. The van der Waals surface area contributed by atoms with E-state index >= 15 is 0 Å². The van der Waals surface area contributed by atoms with Crippen molar-refractivity contribution in [2.24, 2.45) is 0 Å². The standard InChI is InChI=1S/C20H20ClN5O2/c1-28-12-18(27)23-19-24-20-22-16(13-5-3-2-4-6-13)11-17(26(20)25-19)14-7-9-15(21)10-8-14/h2-10,16-17H,11-12H2,1H3,(H2,22,23,24,25,27)/t16-,17-/m1/s1. The molecule has 0 saturated heterocycles. The quantitative estimate of drug-likeness (QED) is 0.686. The number of nitrogens with one attached hydrogen (secondary N) is 2. The summed E-state index contributed by atoms with van der Waals surface area (Å²) in [5, 5.41) is 11.3. The average Bonchev–Trinajstić information content (AvgIpc) is 3.11. The number of rotatable bonds is 5. The van der Waals surface area contributed by atoms with Crippen LogP contribution in [0.4, 0.5) is 11.9 Å². The lowest BCUT2D eigenvalue weighted by Gasteiger charge is -2.31. The molecular formula is C20H20ClN5O2. The SMILES string of the molecule is COCC(=O)Nc1nc2n(n1)[C@@H](c1ccc(Cl)cc1)C[C@H](c1ccccc1)N2. The second-order valence-electron chi connectivity index (χ2n) is 6.60. The fourth-order valence-electron chi connectivity index (χ4n) is 3.39. The number of halogens is 1. The molecule has 2 atom stereocenters. The van der Waals surface area contributed by atoms with E-state index < -0.39 is 0 Å². The van der Waals surface area contributed by atoms with Crippen LogP contribution >= 0.6 is 11.6 Å². The fourth-order valence-corrected chi connectivity index (χ4v) is 3.51. The van der Waals surface area contributed by atoms with Gasteiger partial charge < -0.3 is 10.1 Å². The van der Waals surface area contributed by atoms with Crippen molar-refractivity contribution in [2.75, 3.05) is 24.4 Å². The fraction of sp³-hybridized carbons (Fsp3) is 0.250. The number of amides is 1. The van der Waals surface area contributed by atoms with Crippen LogP contribution in [0.2, 0.25) is 5.02 Å². The zero-order valence-electron chi connectivity index (χ0n) is 15.3. The van der Waals surface area contributed by atoms with Gasteiger partial charge in [-0.1, -0.05) is 54.1 Å². The molecule has 28 heavy (non-hydrogen) atoms. The van der Waals surface area contributed by atoms with Crippen molar-refractivity contribution in [3.05, 3.63) is 70.7 Å². The lowest BCUT2D eigenvalue weighted by molar-refractivity contribution is -0.119. The molecule has 1 aliphatic rings. The summed E-state index contributed by atoms with van der Waals surface area (Å²) in [6, 6.07) is 18.0. The summed E-state index contributed by atoms with van der Waals surface area (Å²) in [5.74, 6) is 0.554. The molecule has 8 heteroatoms. The molecule has 7 nitrogen and oxygen atoms in total. The van der Waals surface area contributed by atoms with Crippen LogP contribution in [0.1, 0.15) is 29.6 Å². The highest BCUT2D eigenvalue weighted by molar-refractivity contribution is 6.30. The van der Waals surface area contributed by atoms with Gasteiger partial charge in [0.05, 0.1) is 12.1 Å². The lowest BCUT2D eigenvalue weighted by atomic mass is 9.93. The van der Waals surface area contributed by atoms with E-state index in [9.17, 15) is 4.79 Å². The molecule has 1 aliphatic heterocycles. The van der Waals surface area contributed by atoms with Crippen molar-refractivity contribution < 1.29 is 9.53 Å². The molecule has 144 valence electrons. The lowest BCUT2D eigenvalue weighted by Crippen LogP contribution is -2.28. The van der Waals surface area contributed by atoms with Crippen LogP contribution in [-0.2, 0) is 9.53 Å². The van der Waals surface area contributed by atoms with Gasteiger partial charge in [0, 0.05) is 12.1 Å². The highest BCUT2D eigenvalue weighted by atomic mass is 35.5. The second kappa shape index (κ2) is 8.00. The number of carbonyl (C=O) groups excluding carboxylic acids is 1. The molecule has 2 aromatic carbocycles. The molecule has 0 saturated carbocycles. The second-order valence-corrected chi connectivity index (χ2v) is 7.03. The van der Waals surface area contributed by atoms with Gasteiger partial charge in [-0.15, -0.1) is 5.10 Å². The van der Waals surface area contributed by atoms with Crippen LogP contribution in [0.15, 0.2) is 54.6 Å². The van der Waals surface area contributed by atoms with Gasteiger partial charge in [0.25, 0.3) is 11.9 Å². The Morgan fingerprint density at radius 1 is 1.21 bits per heavy atom. The minimum absolute atomic E-state index is 0.0423. The largest absolute Gasteiger partial charge is 0.375 e. The van der Waals surface area contributed by atoms with Gasteiger partial charge >= 0.3 is 0 Å². The maximum atomic E-state index is 11.8. The Bertz CT molecular complexity index is 958. The Balaban J connectivity index is 1.69. The average molecular weight is 398 g/mol. The Morgan fingerprint density at radius 3 is 2.68 bits per heavy atom. The minimum atomic E-state index is -0.298. The first-order chi connectivity index (χ1) is 13.6. The third-order valence-electron chi connectivity index (χ3n) is 4.67. The highest BCUT2D eigenvalue weighted by Gasteiger charge is 2.31. The number of fused-ring (bicyclic) bond motifs is 1. The van der Waals surface area contributed by atoms with Crippen molar-refractivity contribution in [1.82, 2.24) is 14.8 Å². The van der Waals surface area contributed by atoms with Crippen LogP contribution < -0.4 is 10.6 Å².